The molecule has 0 saturated carbocycles. The third-order valence-electron chi connectivity index (χ3n) is 2.63. The van der Waals surface area contributed by atoms with Crippen LogP contribution in [-0.4, -0.2) is 37.5 Å². The van der Waals surface area contributed by atoms with Crippen LogP contribution in [0.1, 0.15) is 12.8 Å². The minimum absolute atomic E-state index is 0.310. The molecule has 0 spiro atoms. The van der Waals surface area contributed by atoms with Crippen molar-refractivity contribution in [1.29, 1.82) is 0 Å². The summed E-state index contributed by atoms with van der Waals surface area (Å²) >= 11 is 2.27. The molecule has 1 N–H and O–H groups in total. The lowest BCUT2D eigenvalue weighted by Gasteiger charge is -2.11. The first kappa shape index (κ1) is 13.0. The molecule has 0 bridgehead atoms. The summed E-state index contributed by atoms with van der Waals surface area (Å²) in [5.41, 5.74) is 0. The maximum atomic E-state index is 5.56. The molecule has 0 aliphatic carbocycles. The summed E-state index contributed by atoms with van der Waals surface area (Å²) in [5, 5.41) is 3.25. The molecule has 1 aromatic heterocycles. The van der Waals surface area contributed by atoms with Crippen molar-refractivity contribution < 1.29 is 9.47 Å². The molecule has 1 saturated heterocycles. The van der Waals surface area contributed by atoms with Crippen molar-refractivity contribution in [2.45, 2.75) is 18.9 Å². The summed E-state index contributed by atoms with van der Waals surface area (Å²) in [5.74, 6) is 0.925. The molecule has 0 radical (unpaired) electrons. The van der Waals surface area contributed by atoms with Crippen molar-refractivity contribution in [2.75, 3.05) is 31.7 Å². The van der Waals surface area contributed by atoms with Gasteiger partial charge in [-0.15, -0.1) is 0 Å². The van der Waals surface area contributed by atoms with Gasteiger partial charge in [-0.3, -0.25) is 0 Å². The minimum atomic E-state index is 0.310. The van der Waals surface area contributed by atoms with E-state index < -0.39 is 0 Å². The zero-order valence-electron chi connectivity index (χ0n) is 9.69. The molecule has 2 heterocycles. The molecule has 1 atom stereocenters. The van der Waals surface area contributed by atoms with Crippen molar-refractivity contribution in [1.82, 2.24) is 4.98 Å². The van der Waals surface area contributed by atoms with Gasteiger partial charge >= 0.3 is 0 Å². The minimum Gasteiger partial charge on any atom is -0.377 e. The van der Waals surface area contributed by atoms with Crippen LogP contribution < -0.4 is 5.32 Å². The number of halogens is 1. The van der Waals surface area contributed by atoms with Gasteiger partial charge in [-0.25, -0.2) is 4.98 Å². The molecule has 2 rings (SSSR count). The normalized spacial score (nSPS) is 19.5. The maximum Gasteiger partial charge on any atom is 0.139 e. The summed E-state index contributed by atoms with van der Waals surface area (Å²) in [7, 11) is 0. The number of nitrogens with one attached hydrogen (secondary N) is 1. The Morgan fingerprint density at radius 1 is 1.59 bits per heavy atom. The summed E-state index contributed by atoms with van der Waals surface area (Å²) in [6.45, 7) is 3.06. The summed E-state index contributed by atoms with van der Waals surface area (Å²) in [6, 6.07) is 3.96. The number of hydrogen-bond donors (Lipinski definition) is 1. The van der Waals surface area contributed by atoms with Gasteiger partial charge in [-0.1, -0.05) is 0 Å². The molecule has 4 nitrogen and oxygen atoms in total. The zero-order chi connectivity index (χ0) is 11.9. The Morgan fingerprint density at radius 2 is 2.53 bits per heavy atom. The van der Waals surface area contributed by atoms with Crippen LogP contribution in [0.5, 0.6) is 0 Å². The molecule has 1 fully saturated rings. The number of aromatic nitrogens is 1. The third kappa shape index (κ3) is 4.40. The van der Waals surface area contributed by atoms with Gasteiger partial charge in [-0.05, 0) is 47.6 Å². The van der Waals surface area contributed by atoms with Gasteiger partial charge < -0.3 is 14.8 Å². The molecular formula is C12H17IN2O2. The molecule has 1 aromatic rings. The number of anilines is 1. The SMILES string of the molecule is Ic1cccnc1NCCOCC1CCCO1. The molecular weight excluding hydrogens is 331 g/mol. The van der Waals surface area contributed by atoms with E-state index >= 15 is 0 Å². The highest BCUT2D eigenvalue weighted by Crippen LogP contribution is 2.13. The lowest BCUT2D eigenvalue weighted by atomic mass is 10.2. The topological polar surface area (TPSA) is 43.4 Å². The van der Waals surface area contributed by atoms with Crippen molar-refractivity contribution >= 4 is 28.4 Å². The Balaban J connectivity index is 1.58. The van der Waals surface area contributed by atoms with Gasteiger partial charge in [0.1, 0.15) is 5.82 Å². The van der Waals surface area contributed by atoms with Gasteiger partial charge in [0.15, 0.2) is 0 Å². The van der Waals surface area contributed by atoms with Gasteiger partial charge in [0, 0.05) is 19.3 Å². The van der Waals surface area contributed by atoms with Crippen LogP contribution in [0, 0.1) is 3.57 Å². The highest BCUT2D eigenvalue weighted by atomic mass is 127. The van der Waals surface area contributed by atoms with E-state index in [0.717, 1.165) is 29.0 Å². The summed E-state index contributed by atoms with van der Waals surface area (Å²) < 4.78 is 12.2. The van der Waals surface area contributed by atoms with Crippen LogP contribution in [0.3, 0.4) is 0 Å². The predicted molar refractivity (Wildman–Crippen MR) is 75.2 cm³/mol. The van der Waals surface area contributed by atoms with Crippen LogP contribution >= 0.6 is 22.6 Å². The fourth-order valence-electron chi connectivity index (χ4n) is 1.75. The zero-order valence-corrected chi connectivity index (χ0v) is 11.9. The number of hydrogen-bond acceptors (Lipinski definition) is 4. The smallest absolute Gasteiger partial charge is 0.139 e. The number of pyridine rings is 1. The van der Waals surface area contributed by atoms with Gasteiger partial charge in [0.05, 0.1) is 22.9 Å². The van der Waals surface area contributed by atoms with E-state index in [1.807, 2.05) is 12.1 Å². The highest BCUT2D eigenvalue weighted by Gasteiger charge is 2.14. The van der Waals surface area contributed by atoms with E-state index in [9.17, 15) is 0 Å². The average molecular weight is 348 g/mol. The quantitative estimate of drug-likeness (QED) is 0.633. The van der Waals surface area contributed by atoms with E-state index in [2.05, 4.69) is 32.9 Å². The second-order valence-electron chi connectivity index (χ2n) is 3.97. The second kappa shape index (κ2) is 7.13. The second-order valence-corrected chi connectivity index (χ2v) is 5.13. The standard InChI is InChI=1S/C12H17IN2O2/c13-11-4-1-5-14-12(11)15-6-8-16-9-10-3-2-7-17-10/h1,4-5,10H,2-3,6-9H2,(H,14,15). The first-order valence-electron chi connectivity index (χ1n) is 5.90. The monoisotopic (exact) mass is 348 g/mol. The Bertz CT molecular complexity index is 343. The van der Waals surface area contributed by atoms with E-state index in [1.165, 1.54) is 6.42 Å². The molecule has 0 amide bonds. The Labute approximate surface area is 115 Å². The first-order chi connectivity index (χ1) is 8.36. The number of rotatable bonds is 6. The van der Waals surface area contributed by atoms with Crippen molar-refractivity contribution in [2.24, 2.45) is 0 Å². The molecule has 1 unspecified atom stereocenters. The van der Waals surface area contributed by atoms with Crippen LogP contribution in [0.4, 0.5) is 5.82 Å². The average Bonchev–Trinajstić information content (AvgIpc) is 2.84. The summed E-state index contributed by atoms with van der Waals surface area (Å²) in [4.78, 5) is 4.25. The Kier molecular flexibility index (Phi) is 5.47. The fraction of sp³-hybridized carbons (Fsp3) is 0.583. The molecule has 17 heavy (non-hydrogen) atoms. The van der Waals surface area contributed by atoms with E-state index in [0.29, 0.717) is 19.3 Å². The molecule has 94 valence electrons. The fourth-order valence-corrected chi connectivity index (χ4v) is 2.29. The predicted octanol–water partition coefficient (Wildman–Crippen LogP) is 2.29. The molecule has 0 aromatic carbocycles. The highest BCUT2D eigenvalue weighted by molar-refractivity contribution is 14.1. The lowest BCUT2D eigenvalue weighted by molar-refractivity contribution is 0.0206. The number of nitrogens with zero attached hydrogens (tertiary/aromatic N) is 1. The van der Waals surface area contributed by atoms with E-state index in [1.54, 1.807) is 6.20 Å². The lowest BCUT2D eigenvalue weighted by Crippen LogP contribution is -2.18. The van der Waals surface area contributed by atoms with Crippen LogP contribution in [0.25, 0.3) is 0 Å². The van der Waals surface area contributed by atoms with Gasteiger partial charge in [0.2, 0.25) is 0 Å². The number of ether oxygens (including phenoxy) is 2. The van der Waals surface area contributed by atoms with Crippen molar-refractivity contribution in [3.8, 4) is 0 Å². The van der Waals surface area contributed by atoms with Crippen LogP contribution in [-0.2, 0) is 9.47 Å². The van der Waals surface area contributed by atoms with Gasteiger partial charge in [0.25, 0.3) is 0 Å². The van der Waals surface area contributed by atoms with E-state index in [-0.39, 0.29) is 0 Å². The Hall–Kier alpha value is -0.400. The van der Waals surface area contributed by atoms with E-state index in [4.69, 9.17) is 9.47 Å². The van der Waals surface area contributed by atoms with Crippen molar-refractivity contribution in [3.05, 3.63) is 21.9 Å². The first-order valence-corrected chi connectivity index (χ1v) is 6.98. The third-order valence-corrected chi connectivity index (χ3v) is 3.50. The molecule has 5 heteroatoms. The van der Waals surface area contributed by atoms with Gasteiger partial charge in [-0.2, -0.15) is 0 Å². The largest absolute Gasteiger partial charge is 0.377 e. The maximum absolute atomic E-state index is 5.56. The Morgan fingerprint density at radius 3 is 3.29 bits per heavy atom. The summed E-state index contributed by atoms with van der Waals surface area (Å²) in [6.07, 6.45) is 4.40. The van der Waals surface area contributed by atoms with Crippen LogP contribution in [0.15, 0.2) is 18.3 Å². The van der Waals surface area contributed by atoms with Crippen LogP contribution in [0.2, 0.25) is 0 Å². The molecule has 1 aliphatic rings. The molecule has 1 aliphatic heterocycles. The van der Waals surface area contributed by atoms with Crippen molar-refractivity contribution in [3.63, 3.8) is 0 Å².